The van der Waals surface area contributed by atoms with Gasteiger partial charge in [0.1, 0.15) is 11.5 Å². The SMILES string of the molecule is O=C1OC(=O)c2c1cccc2C(=O)Oc1ccc(S(=O)(=O)c2ccc(OC(=O)c3cccc4c3C(=O)OC4=O)cc2)cc1. The lowest BCUT2D eigenvalue weighted by atomic mass is 10.0. The molecule has 43 heavy (non-hydrogen) atoms. The second-order valence-corrected chi connectivity index (χ2v) is 11.0. The van der Waals surface area contributed by atoms with Gasteiger partial charge in [0.05, 0.1) is 43.2 Å². The molecule has 0 saturated heterocycles. The quantitative estimate of drug-likeness (QED) is 0.180. The van der Waals surface area contributed by atoms with E-state index in [1.165, 1.54) is 84.9 Å². The maximum atomic E-state index is 13.2. The molecule has 0 aliphatic carbocycles. The number of ether oxygens (including phenoxy) is 4. The van der Waals surface area contributed by atoms with Gasteiger partial charge in [-0.25, -0.2) is 37.2 Å². The fourth-order valence-corrected chi connectivity index (χ4v) is 5.70. The average Bonchev–Trinajstić information content (AvgIpc) is 3.46. The van der Waals surface area contributed by atoms with Crippen LogP contribution in [0, 0.1) is 0 Å². The molecule has 212 valence electrons. The number of cyclic esters (lactones) is 4. The lowest BCUT2D eigenvalue weighted by Gasteiger charge is -2.09. The highest BCUT2D eigenvalue weighted by molar-refractivity contribution is 7.91. The summed E-state index contributed by atoms with van der Waals surface area (Å²) in [6.07, 6.45) is 0. The first kappa shape index (κ1) is 27.2. The van der Waals surface area contributed by atoms with E-state index in [4.69, 9.17) is 9.47 Å². The van der Waals surface area contributed by atoms with Crippen molar-refractivity contribution in [1.29, 1.82) is 0 Å². The van der Waals surface area contributed by atoms with Crippen LogP contribution in [0.1, 0.15) is 62.1 Å². The summed E-state index contributed by atoms with van der Waals surface area (Å²) in [6.45, 7) is 0. The average molecular weight is 598 g/mol. The Kier molecular flexibility index (Phi) is 6.43. The number of rotatable bonds is 6. The molecule has 13 heteroatoms. The van der Waals surface area contributed by atoms with Gasteiger partial charge < -0.3 is 18.9 Å². The topological polar surface area (TPSA) is 173 Å². The van der Waals surface area contributed by atoms with Crippen LogP contribution in [0.2, 0.25) is 0 Å². The molecule has 2 aliphatic rings. The van der Waals surface area contributed by atoms with Gasteiger partial charge in [0, 0.05) is 0 Å². The minimum atomic E-state index is -4.05. The molecule has 2 heterocycles. The van der Waals surface area contributed by atoms with Crippen molar-refractivity contribution in [3.63, 3.8) is 0 Å². The number of carbonyl (C=O) groups is 6. The number of esters is 6. The summed E-state index contributed by atoms with van der Waals surface area (Å²) < 4.78 is 45.9. The molecule has 12 nitrogen and oxygen atoms in total. The minimum Gasteiger partial charge on any atom is -0.423 e. The van der Waals surface area contributed by atoms with Crippen molar-refractivity contribution in [2.45, 2.75) is 9.79 Å². The second-order valence-electron chi connectivity index (χ2n) is 9.04. The molecule has 0 saturated carbocycles. The fourth-order valence-electron chi connectivity index (χ4n) is 4.44. The molecular formula is C30H14O12S. The number of hydrogen-bond acceptors (Lipinski definition) is 12. The first-order chi connectivity index (χ1) is 20.5. The van der Waals surface area contributed by atoms with Crippen molar-refractivity contribution >= 4 is 45.7 Å². The van der Waals surface area contributed by atoms with E-state index in [1.54, 1.807) is 0 Å². The summed E-state index contributed by atoms with van der Waals surface area (Å²) in [7, 11) is -4.05. The van der Waals surface area contributed by atoms with Gasteiger partial charge in [-0.1, -0.05) is 12.1 Å². The van der Waals surface area contributed by atoms with Crippen molar-refractivity contribution in [3.05, 3.63) is 118 Å². The summed E-state index contributed by atoms with van der Waals surface area (Å²) in [4.78, 5) is 72.5. The number of benzene rings is 4. The zero-order valence-corrected chi connectivity index (χ0v) is 22.2. The molecule has 0 amide bonds. The van der Waals surface area contributed by atoms with Crippen molar-refractivity contribution in [2.24, 2.45) is 0 Å². The highest BCUT2D eigenvalue weighted by atomic mass is 32.2. The Hall–Kier alpha value is -5.95. The Morgan fingerprint density at radius 1 is 0.512 bits per heavy atom. The maximum absolute atomic E-state index is 13.2. The van der Waals surface area contributed by atoms with Crippen LogP contribution < -0.4 is 9.47 Å². The van der Waals surface area contributed by atoms with Crippen molar-refractivity contribution in [2.75, 3.05) is 0 Å². The summed E-state index contributed by atoms with van der Waals surface area (Å²) in [6, 6.07) is 17.8. The first-order valence-corrected chi connectivity index (χ1v) is 13.7. The third kappa shape index (κ3) is 4.73. The molecule has 4 aromatic rings. The van der Waals surface area contributed by atoms with Crippen molar-refractivity contribution in [3.8, 4) is 11.5 Å². The minimum absolute atomic E-state index is 0.0283. The molecule has 0 bridgehead atoms. The van der Waals surface area contributed by atoms with Crippen LogP contribution in [0.3, 0.4) is 0 Å². The Labute approximate surface area is 241 Å². The fraction of sp³-hybridized carbons (Fsp3) is 0. The predicted octanol–water partition coefficient (Wildman–Crippen LogP) is 3.58. The molecule has 0 aromatic heterocycles. The van der Waals surface area contributed by atoms with Gasteiger partial charge in [0.2, 0.25) is 9.84 Å². The Bertz CT molecular complexity index is 1880. The van der Waals surface area contributed by atoms with Gasteiger partial charge in [0.15, 0.2) is 0 Å². The van der Waals surface area contributed by atoms with E-state index >= 15 is 0 Å². The summed E-state index contributed by atoms with van der Waals surface area (Å²) in [5, 5.41) is 0. The van der Waals surface area contributed by atoms with Crippen LogP contribution >= 0.6 is 0 Å². The van der Waals surface area contributed by atoms with Crippen LogP contribution in [0.15, 0.2) is 94.7 Å². The number of fused-ring (bicyclic) bond motifs is 2. The van der Waals surface area contributed by atoms with Gasteiger partial charge in [-0.15, -0.1) is 0 Å². The zero-order valence-electron chi connectivity index (χ0n) is 21.4. The van der Waals surface area contributed by atoms with Crippen molar-refractivity contribution < 1.29 is 56.1 Å². The maximum Gasteiger partial charge on any atom is 0.347 e. The lowest BCUT2D eigenvalue weighted by Crippen LogP contribution is -2.13. The molecular weight excluding hydrogens is 584 g/mol. The monoisotopic (exact) mass is 598 g/mol. The van der Waals surface area contributed by atoms with E-state index in [1.807, 2.05) is 0 Å². The van der Waals surface area contributed by atoms with Crippen LogP contribution in [0.4, 0.5) is 0 Å². The Morgan fingerprint density at radius 3 is 1.26 bits per heavy atom. The molecule has 0 N–H and O–H groups in total. The lowest BCUT2D eigenvalue weighted by molar-refractivity contribution is 0.0424. The molecule has 0 spiro atoms. The summed E-state index contributed by atoms with van der Waals surface area (Å²) >= 11 is 0. The summed E-state index contributed by atoms with van der Waals surface area (Å²) in [5.41, 5.74) is -0.920. The Morgan fingerprint density at radius 2 is 0.884 bits per heavy atom. The molecule has 0 atom stereocenters. The van der Waals surface area contributed by atoms with E-state index in [-0.39, 0.29) is 54.7 Å². The molecule has 6 rings (SSSR count). The molecule has 4 aromatic carbocycles. The van der Waals surface area contributed by atoms with Gasteiger partial charge in [-0.3, -0.25) is 0 Å². The third-order valence-electron chi connectivity index (χ3n) is 6.48. The van der Waals surface area contributed by atoms with Gasteiger partial charge in [0.25, 0.3) is 0 Å². The zero-order chi connectivity index (χ0) is 30.5. The number of hydrogen-bond donors (Lipinski definition) is 0. The van der Waals surface area contributed by atoms with E-state index < -0.39 is 45.7 Å². The predicted molar refractivity (Wildman–Crippen MR) is 141 cm³/mol. The van der Waals surface area contributed by atoms with E-state index in [9.17, 15) is 37.2 Å². The molecule has 0 fully saturated rings. The van der Waals surface area contributed by atoms with Crippen molar-refractivity contribution in [1.82, 2.24) is 0 Å². The highest BCUT2D eigenvalue weighted by Gasteiger charge is 2.36. The van der Waals surface area contributed by atoms with Gasteiger partial charge in [-0.05, 0) is 72.8 Å². The normalized spacial score (nSPS) is 13.6. The van der Waals surface area contributed by atoms with Crippen LogP contribution in [-0.4, -0.2) is 44.2 Å². The molecule has 0 radical (unpaired) electrons. The van der Waals surface area contributed by atoms with Crippen LogP contribution in [0.25, 0.3) is 0 Å². The van der Waals surface area contributed by atoms with Gasteiger partial charge in [-0.2, -0.15) is 0 Å². The Balaban J connectivity index is 1.16. The number of carbonyl (C=O) groups excluding carboxylic acids is 6. The number of sulfone groups is 1. The largest absolute Gasteiger partial charge is 0.423 e. The van der Waals surface area contributed by atoms with E-state index in [0.717, 1.165) is 0 Å². The summed E-state index contributed by atoms with van der Waals surface area (Å²) in [5.74, 6) is -5.66. The standard InChI is InChI=1S/C30H14O12S/c31-25(19-3-1-5-21-23(19)29(35)41-27(21)33)39-15-7-11-17(12-8-15)43(37,38)18-13-9-16(10-14-18)40-26(32)20-4-2-6-22-24(20)30(36)42-28(22)34/h1-14H. The van der Waals surface area contributed by atoms with Gasteiger partial charge >= 0.3 is 35.8 Å². The highest BCUT2D eigenvalue weighted by Crippen LogP contribution is 2.29. The molecule has 2 aliphatic heterocycles. The van der Waals surface area contributed by atoms with Crippen LogP contribution in [0.5, 0.6) is 11.5 Å². The van der Waals surface area contributed by atoms with E-state index in [2.05, 4.69) is 9.47 Å². The smallest absolute Gasteiger partial charge is 0.347 e. The third-order valence-corrected chi connectivity index (χ3v) is 8.26. The second kappa shape index (κ2) is 10.2. The van der Waals surface area contributed by atoms with E-state index in [0.29, 0.717) is 0 Å². The molecule has 0 unspecified atom stereocenters. The first-order valence-electron chi connectivity index (χ1n) is 12.2. The van der Waals surface area contributed by atoms with Crippen LogP contribution in [-0.2, 0) is 19.3 Å².